The zero-order chi connectivity index (χ0) is 11.3. The lowest BCUT2D eigenvalue weighted by Gasteiger charge is -2.10. The largest absolute Gasteiger partial charge is 0.481 e. The highest BCUT2D eigenvalue weighted by Crippen LogP contribution is 2.21. The summed E-state index contributed by atoms with van der Waals surface area (Å²) in [5.41, 5.74) is 1.02. The highest BCUT2D eigenvalue weighted by atomic mass is 79.9. The van der Waals surface area contributed by atoms with E-state index in [1.807, 2.05) is 24.3 Å². The number of aliphatic carboxylic acids is 1. The molecule has 1 atom stereocenters. The molecular weight excluding hydrogens is 256 g/mol. The monoisotopic (exact) mass is 268 g/mol. The Morgan fingerprint density at radius 3 is 2.73 bits per heavy atom. The van der Waals surface area contributed by atoms with E-state index in [0.717, 1.165) is 10.0 Å². The van der Waals surface area contributed by atoms with Crippen LogP contribution in [0, 0.1) is 5.92 Å². The van der Waals surface area contributed by atoms with Gasteiger partial charge in [0.15, 0.2) is 0 Å². The van der Waals surface area contributed by atoms with Gasteiger partial charge in [-0.15, -0.1) is 6.58 Å². The van der Waals surface area contributed by atoms with Gasteiger partial charge in [0.1, 0.15) is 0 Å². The molecule has 0 heterocycles. The molecule has 3 heteroatoms. The first-order valence-corrected chi connectivity index (χ1v) is 5.51. The molecule has 0 aliphatic carbocycles. The maximum Gasteiger partial charge on any atom is 0.307 e. The van der Waals surface area contributed by atoms with Crippen LogP contribution in [0.25, 0.3) is 0 Å². The van der Waals surface area contributed by atoms with Gasteiger partial charge in [-0.2, -0.15) is 0 Å². The van der Waals surface area contributed by atoms with Crippen molar-refractivity contribution >= 4 is 21.9 Å². The summed E-state index contributed by atoms with van der Waals surface area (Å²) in [4.78, 5) is 10.9. The van der Waals surface area contributed by atoms with Crippen LogP contribution in [0.1, 0.15) is 12.0 Å². The Bertz CT molecular complexity index is 360. The third kappa shape index (κ3) is 3.51. The summed E-state index contributed by atoms with van der Waals surface area (Å²) in [6.45, 7) is 3.57. The van der Waals surface area contributed by atoms with E-state index in [-0.39, 0.29) is 5.92 Å². The molecule has 0 aliphatic heterocycles. The Morgan fingerprint density at radius 1 is 1.53 bits per heavy atom. The predicted octanol–water partition coefficient (Wildman–Crippen LogP) is 3.27. The van der Waals surface area contributed by atoms with Crippen molar-refractivity contribution in [1.29, 1.82) is 0 Å². The lowest BCUT2D eigenvalue weighted by Crippen LogP contribution is -2.15. The highest BCUT2D eigenvalue weighted by molar-refractivity contribution is 9.10. The number of hydrogen-bond acceptors (Lipinski definition) is 1. The van der Waals surface area contributed by atoms with Gasteiger partial charge in [0.2, 0.25) is 0 Å². The summed E-state index contributed by atoms with van der Waals surface area (Å²) < 4.78 is 0.959. The van der Waals surface area contributed by atoms with Crippen molar-refractivity contribution in [1.82, 2.24) is 0 Å². The molecule has 0 bridgehead atoms. The molecule has 1 aromatic rings. The molecule has 0 saturated carbocycles. The Hall–Kier alpha value is -1.09. The number of rotatable bonds is 5. The molecule has 15 heavy (non-hydrogen) atoms. The third-order valence-corrected chi connectivity index (χ3v) is 3.00. The van der Waals surface area contributed by atoms with Gasteiger partial charge in [-0.25, -0.2) is 0 Å². The fourth-order valence-corrected chi connectivity index (χ4v) is 1.85. The van der Waals surface area contributed by atoms with E-state index in [2.05, 4.69) is 22.5 Å². The average Bonchev–Trinajstić information content (AvgIpc) is 2.20. The van der Waals surface area contributed by atoms with Gasteiger partial charge in [-0.05, 0) is 24.5 Å². The normalized spacial score (nSPS) is 12.1. The fourth-order valence-electron chi connectivity index (χ4n) is 1.40. The first-order valence-electron chi connectivity index (χ1n) is 4.72. The van der Waals surface area contributed by atoms with Gasteiger partial charge in [0, 0.05) is 4.47 Å². The van der Waals surface area contributed by atoms with Gasteiger partial charge < -0.3 is 5.11 Å². The second-order valence-electron chi connectivity index (χ2n) is 3.36. The second-order valence-corrected chi connectivity index (χ2v) is 4.21. The molecule has 80 valence electrons. The predicted molar refractivity (Wildman–Crippen MR) is 63.8 cm³/mol. The standard InChI is InChI=1S/C12H13BrO2/c1-2-5-10(12(14)15)8-9-6-3-4-7-11(9)13/h2-4,6-7,10H,1,5,8H2,(H,14,15)/t10-/m0/s1. The fraction of sp³-hybridized carbons (Fsp3) is 0.250. The smallest absolute Gasteiger partial charge is 0.307 e. The van der Waals surface area contributed by atoms with E-state index >= 15 is 0 Å². The van der Waals surface area contributed by atoms with Crippen LogP contribution in [0.3, 0.4) is 0 Å². The molecule has 2 nitrogen and oxygen atoms in total. The Morgan fingerprint density at radius 2 is 2.20 bits per heavy atom. The molecule has 0 fully saturated rings. The minimum atomic E-state index is -0.773. The van der Waals surface area contributed by atoms with E-state index in [0.29, 0.717) is 12.8 Å². The molecule has 0 radical (unpaired) electrons. The van der Waals surface area contributed by atoms with Crippen molar-refractivity contribution in [2.24, 2.45) is 5.92 Å². The first kappa shape index (κ1) is 12.0. The number of allylic oxidation sites excluding steroid dienone is 1. The van der Waals surface area contributed by atoms with Gasteiger partial charge in [-0.1, -0.05) is 40.2 Å². The van der Waals surface area contributed by atoms with Crippen LogP contribution in [-0.4, -0.2) is 11.1 Å². The maximum absolute atomic E-state index is 10.9. The number of halogens is 1. The van der Waals surface area contributed by atoms with E-state index in [1.165, 1.54) is 0 Å². The Kier molecular flexibility index (Phi) is 4.56. The van der Waals surface area contributed by atoms with Gasteiger partial charge in [0.25, 0.3) is 0 Å². The Balaban J connectivity index is 2.78. The summed E-state index contributed by atoms with van der Waals surface area (Å²) in [5.74, 6) is -1.16. The van der Waals surface area contributed by atoms with Crippen LogP contribution in [0.4, 0.5) is 0 Å². The minimum absolute atomic E-state index is 0.388. The molecular formula is C12H13BrO2. The Labute approximate surface area is 97.8 Å². The number of benzene rings is 1. The summed E-state index contributed by atoms with van der Waals surface area (Å²) >= 11 is 3.41. The summed E-state index contributed by atoms with van der Waals surface area (Å²) in [5, 5.41) is 8.99. The molecule has 0 aliphatic rings. The number of carboxylic acid groups (broad SMARTS) is 1. The first-order chi connectivity index (χ1) is 7.15. The van der Waals surface area contributed by atoms with Crippen LogP contribution in [0.5, 0.6) is 0 Å². The summed E-state index contributed by atoms with van der Waals surface area (Å²) in [6.07, 6.45) is 2.68. The van der Waals surface area contributed by atoms with E-state index in [9.17, 15) is 4.79 Å². The van der Waals surface area contributed by atoms with Crippen molar-refractivity contribution in [2.75, 3.05) is 0 Å². The average molecular weight is 269 g/mol. The highest BCUT2D eigenvalue weighted by Gasteiger charge is 2.17. The van der Waals surface area contributed by atoms with Gasteiger partial charge in [0.05, 0.1) is 5.92 Å². The van der Waals surface area contributed by atoms with Crippen molar-refractivity contribution in [2.45, 2.75) is 12.8 Å². The number of carbonyl (C=O) groups is 1. The minimum Gasteiger partial charge on any atom is -0.481 e. The lowest BCUT2D eigenvalue weighted by atomic mass is 9.96. The maximum atomic E-state index is 10.9. The zero-order valence-corrected chi connectivity index (χ0v) is 9.90. The van der Waals surface area contributed by atoms with Crippen molar-refractivity contribution in [3.05, 3.63) is 47.0 Å². The van der Waals surface area contributed by atoms with Crippen molar-refractivity contribution in [3.8, 4) is 0 Å². The SMILES string of the molecule is C=CC[C@@H](Cc1ccccc1Br)C(=O)O. The summed E-state index contributed by atoms with van der Waals surface area (Å²) in [7, 11) is 0. The van der Waals surface area contributed by atoms with Crippen LogP contribution in [0.15, 0.2) is 41.4 Å². The zero-order valence-electron chi connectivity index (χ0n) is 8.32. The molecule has 0 spiro atoms. The molecule has 0 amide bonds. The van der Waals surface area contributed by atoms with Crippen molar-refractivity contribution < 1.29 is 9.90 Å². The number of carboxylic acids is 1. The molecule has 0 saturated heterocycles. The summed E-state index contributed by atoms with van der Waals surface area (Å²) in [6, 6.07) is 7.68. The van der Waals surface area contributed by atoms with Gasteiger partial charge in [-0.3, -0.25) is 4.79 Å². The molecule has 0 unspecified atom stereocenters. The van der Waals surface area contributed by atoms with Crippen molar-refractivity contribution in [3.63, 3.8) is 0 Å². The second kappa shape index (κ2) is 5.71. The van der Waals surface area contributed by atoms with E-state index in [1.54, 1.807) is 6.08 Å². The van der Waals surface area contributed by atoms with E-state index < -0.39 is 5.97 Å². The lowest BCUT2D eigenvalue weighted by molar-refractivity contribution is -0.141. The van der Waals surface area contributed by atoms with Gasteiger partial charge >= 0.3 is 5.97 Å². The van der Waals surface area contributed by atoms with Crippen LogP contribution >= 0.6 is 15.9 Å². The molecule has 1 N–H and O–H groups in total. The quantitative estimate of drug-likeness (QED) is 0.833. The van der Waals surface area contributed by atoms with Crippen LogP contribution in [-0.2, 0) is 11.2 Å². The van der Waals surface area contributed by atoms with Crippen LogP contribution < -0.4 is 0 Å². The molecule has 1 aromatic carbocycles. The van der Waals surface area contributed by atoms with E-state index in [4.69, 9.17) is 5.11 Å². The van der Waals surface area contributed by atoms with Crippen LogP contribution in [0.2, 0.25) is 0 Å². The number of hydrogen-bond donors (Lipinski definition) is 1. The molecule has 1 rings (SSSR count). The molecule has 0 aromatic heterocycles. The topological polar surface area (TPSA) is 37.3 Å². The third-order valence-electron chi connectivity index (χ3n) is 2.22.